The van der Waals surface area contributed by atoms with Gasteiger partial charge in [-0.25, -0.2) is 0 Å². The van der Waals surface area contributed by atoms with Gasteiger partial charge >= 0.3 is 0 Å². The minimum atomic E-state index is -0.278. The summed E-state index contributed by atoms with van der Waals surface area (Å²) in [4.78, 5) is 25.8. The van der Waals surface area contributed by atoms with E-state index in [1.807, 2.05) is 19.2 Å². The molecular formula is C16H17ClN4O3. The highest BCUT2D eigenvalue weighted by Gasteiger charge is 2.27. The van der Waals surface area contributed by atoms with Crippen molar-refractivity contribution >= 4 is 29.1 Å². The lowest BCUT2D eigenvalue weighted by Crippen LogP contribution is -2.47. The van der Waals surface area contributed by atoms with E-state index in [0.717, 1.165) is 0 Å². The molecule has 7 nitrogen and oxygen atoms in total. The molecule has 2 heterocycles. The van der Waals surface area contributed by atoms with Crippen LogP contribution in [0.2, 0.25) is 5.02 Å². The Labute approximate surface area is 144 Å². The third-order valence-corrected chi connectivity index (χ3v) is 3.83. The van der Waals surface area contributed by atoms with Crippen LogP contribution >= 0.6 is 11.6 Å². The first-order chi connectivity index (χ1) is 11.5. The quantitative estimate of drug-likeness (QED) is 0.887. The van der Waals surface area contributed by atoms with Gasteiger partial charge in [-0.1, -0.05) is 11.6 Å². The number of carbonyl (C=O) groups is 2. The number of fused-ring (bicyclic) bond motifs is 1. The van der Waals surface area contributed by atoms with Gasteiger partial charge in [0.15, 0.2) is 6.61 Å². The Bertz CT molecular complexity index is 748. The van der Waals surface area contributed by atoms with Gasteiger partial charge < -0.3 is 10.1 Å². The van der Waals surface area contributed by atoms with Gasteiger partial charge in [-0.15, -0.1) is 0 Å². The minimum absolute atomic E-state index is 0.0843. The van der Waals surface area contributed by atoms with Crippen molar-refractivity contribution in [1.82, 2.24) is 15.1 Å². The molecule has 1 N–H and O–H groups in total. The summed E-state index contributed by atoms with van der Waals surface area (Å²) in [6, 6.07) is 6.69. The van der Waals surface area contributed by atoms with Gasteiger partial charge in [0.25, 0.3) is 5.91 Å². The lowest BCUT2D eigenvalue weighted by Gasteiger charge is -2.29. The number of carbonyl (C=O) groups excluding carboxylic acids is 2. The van der Waals surface area contributed by atoms with Gasteiger partial charge in [0, 0.05) is 23.5 Å². The first kappa shape index (κ1) is 16.3. The summed E-state index contributed by atoms with van der Waals surface area (Å²) < 4.78 is 7.10. The van der Waals surface area contributed by atoms with E-state index >= 15 is 0 Å². The molecule has 1 unspecified atom stereocenters. The molecule has 1 aromatic carbocycles. The van der Waals surface area contributed by atoms with Crippen molar-refractivity contribution in [3.05, 3.63) is 41.7 Å². The third kappa shape index (κ3) is 3.68. The molecule has 1 aliphatic rings. The lowest BCUT2D eigenvalue weighted by atomic mass is 10.2. The molecule has 1 aromatic heterocycles. The molecule has 1 atom stereocenters. The van der Waals surface area contributed by atoms with Crippen LogP contribution in [0.5, 0.6) is 5.75 Å². The first-order valence-corrected chi connectivity index (χ1v) is 7.90. The number of anilines is 1. The molecule has 2 amide bonds. The van der Waals surface area contributed by atoms with Gasteiger partial charge in [-0.2, -0.15) is 5.10 Å². The molecule has 0 bridgehead atoms. The van der Waals surface area contributed by atoms with Crippen LogP contribution in [0, 0.1) is 0 Å². The largest absolute Gasteiger partial charge is 0.482 e. The molecular weight excluding hydrogens is 332 g/mol. The smallest absolute Gasteiger partial charge is 0.265 e. The molecule has 126 valence electrons. The molecule has 0 saturated heterocycles. The van der Waals surface area contributed by atoms with Crippen molar-refractivity contribution in [2.45, 2.75) is 19.5 Å². The summed E-state index contributed by atoms with van der Waals surface area (Å²) >= 11 is 5.99. The average molecular weight is 349 g/mol. The molecule has 24 heavy (non-hydrogen) atoms. The number of hydrogen-bond acceptors (Lipinski definition) is 4. The van der Waals surface area contributed by atoms with Crippen molar-refractivity contribution < 1.29 is 14.3 Å². The van der Waals surface area contributed by atoms with Gasteiger partial charge in [-0.05, 0) is 31.2 Å². The van der Waals surface area contributed by atoms with E-state index in [4.69, 9.17) is 16.3 Å². The Morgan fingerprint density at radius 3 is 3.08 bits per heavy atom. The van der Waals surface area contributed by atoms with Gasteiger partial charge in [0.2, 0.25) is 5.91 Å². The number of aromatic nitrogens is 2. The number of nitrogens with zero attached hydrogens (tertiary/aromatic N) is 3. The fourth-order valence-electron chi connectivity index (χ4n) is 2.55. The second-order valence-corrected chi connectivity index (χ2v) is 6.01. The highest BCUT2D eigenvalue weighted by Crippen LogP contribution is 2.34. The molecule has 0 aliphatic carbocycles. The van der Waals surface area contributed by atoms with Gasteiger partial charge in [-0.3, -0.25) is 19.2 Å². The maximum atomic E-state index is 12.3. The first-order valence-electron chi connectivity index (χ1n) is 7.52. The van der Waals surface area contributed by atoms with Crippen LogP contribution in [0.4, 0.5) is 5.69 Å². The fraction of sp³-hybridized carbons (Fsp3) is 0.312. The highest BCUT2D eigenvalue weighted by atomic mass is 35.5. The SMILES string of the molecule is CC(Cn1cccn1)NC(=O)CN1C(=O)COc2ccc(Cl)cc21. The van der Waals surface area contributed by atoms with Crippen LogP contribution in [0.15, 0.2) is 36.7 Å². The molecule has 2 aromatic rings. The Morgan fingerprint density at radius 2 is 2.33 bits per heavy atom. The summed E-state index contributed by atoms with van der Waals surface area (Å²) in [6.45, 7) is 2.26. The van der Waals surface area contributed by atoms with Crippen molar-refractivity contribution in [3.63, 3.8) is 0 Å². The van der Waals surface area contributed by atoms with Crippen LogP contribution in [0.3, 0.4) is 0 Å². The van der Waals surface area contributed by atoms with E-state index < -0.39 is 0 Å². The molecule has 8 heteroatoms. The molecule has 0 saturated carbocycles. The second kappa shape index (κ2) is 6.92. The summed E-state index contributed by atoms with van der Waals surface area (Å²) in [5.41, 5.74) is 0.508. The standard InChI is InChI=1S/C16H17ClN4O3/c1-11(8-20-6-2-5-18-20)19-15(22)9-21-13-7-12(17)3-4-14(13)24-10-16(21)23/h2-7,11H,8-10H2,1H3,(H,19,22). The number of hydrogen-bond donors (Lipinski definition) is 1. The van der Waals surface area contributed by atoms with Crippen LogP contribution in [0.25, 0.3) is 0 Å². The second-order valence-electron chi connectivity index (χ2n) is 5.58. The maximum absolute atomic E-state index is 12.3. The summed E-state index contributed by atoms with van der Waals surface area (Å²) in [5, 5.41) is 7.44. The van der Waals surface area contributed by atoms with Gasteiger partial charge in [0.05, 0.1) is 12.2 Å². The van der Waals surface area contributed by atoms with E-state index in [2.05, 4.69) is 10.4 Å². The summed E-state index contributed by atoms with van der Waals surface area (Å²) in [6.07, 6.45) is 3.51. The zero-order chi connectivity index (χ0) is 17.1. The molecule has 3 rings (SSSR count). The van der Waals surface area contributed by atoms with Crippen LogP contribution in [-0.2, 0) is 16.1 Å². The van der Waals surface area contributed by atoms with E-state index in [0.29, 0.717) is 23.0 Å². The minimum Gasteiger partial charge on any atom is -0.482 e. The predicted molar refractivity (Wildman–Crippen MR) is 89.1 cm³/mol. The molecule has 0 fully saturated rings. The Balaban J connectivity index is 1.65. The van der Waals surface area contributed by atoms with Crippen LogP contribution in [0.1, 0.15) is 6.92 Å². The van der Waals surface area contributed by atoms with Crippen molar-refractivity contribution in [1.29, 1.82) is 0 Å². The van der Waals surface area contributed by atoms with Gasteiger partial charge in [0.1, 0.15) is 12.3 Å². The lowest BCUT2D eigenvalue weighted by molar-refractivity contribution is -0.125. The van der Waals surface area contributed by atoms with Crippen LogP contribution < -0.4 is 15.0 Å². The number of ether oxygens (including phenoxy) is 1. The van der Waals surface area contributed by atoms with Crippen molar-refractivity contribution in [2.75, 3.05) is 18.1 Å². The van der Waals surface area contributed by atoms with Crippen LogP contribution in [-0.4, -0.2) is 40.8 Å². The topological polar surface area (TPSA) is 76.5 Å². The van der Waals surface area contributed by atoms with E-state index in [1.54, 1.807) is 29.1 Å². The number of nitrogens with one attached hydrogen (secondary N) is 1. The average Bonchev–Trinajstić information content (AvgIpc) is 3.03. The molecule has 0 spiro atoms. The third-order valence-electron chi connectivity index (χ3n) is 3.59. The van der Waals surface area contributed by atoms with Crippen molar-refractivity contribution in [2.24, 2.45) is 0 Å². The molecule has 0 radical (unpaired) electrons. The van der Waals surface area contributed by atoms with Crippen molar-refractivity contribution in [3.8, 4) is 5.75 Å². The monoisotopic (exact) mass is 348 g/mol. The van der Waals surface area contributed by atoms with E-state index in [-0.39, 0.29) is 31.0 Å². The predicted octanol–water partition coefficient (Wildman–Crippen LogP) is 1.47. The van der Waals surface area contributed by atoms with E-state index in [9.17, 15) is 9.59 Å². The number of amides is 2. The number of rotatable bonds is 5. The summed E-state index contributed by atoms with van der Waals surface area (Å²) in [7, 11) is 0. The zero-order valence-electron chi connectivity index (χ0n) is 13.1. The Morgan fingerprint density at radius 1 is 1.50 bits per heavy atom. The normalized spacial score (nSPS) is 14.8. The number of halogens is 1. The Kier molecular flexibility index (Phi) is 4.71. The molecule has 1 aliphatic heterocycles. The number of benzene rings is 1. The fourth-order valence-corrected chi connectivity index (χ4v) is 2.71. The maximum Gasteiger partial charge on any atom is 0.265 e. The van der Waals surface area contributed by atoms with E-state index in [1.165, 1.54) is 4.90 Å². The summed E-state index contributed by atoms with van der Waals surface area (Å²) in [5.74, 6) is 0.00636. The highest BCUT2D eigenvalue weighted by molar-refractivity contribution is 6.31. The Hall–Kier alpha value is -2.54. The zero-order valence-corrected chi connectivity index (χ0v) is 13.9.